The van der Waals surface area contributed by atoms with Crippen molar-refractivity contribution in [3.63, 3.8) is 0 Å². The summed E-state index contributed by atoms with van der Waals surface area (Å²) in [4.78, 5) is 36.4. The van der Waals surface area contributed by atoms with Gasteiger partial charge in [-0.2, -0.15) is 0 Å². The van der Waals surface area contributed by atoms with E-state index in [0.29, 0.717) is 12.8 Å². The van der Waals surface area contributed by atoms with Crippen molar-refractivity contribution >= 4 is 17.9 Å². The lowest BCUT2D eigenvalue weighted by atomic mass is 9.99. The van der Waals surface area contributed by atoms with Crippen LogP contribution in [-0.4, -0.2) is 88.4 Å². The van der Waals surface area contributed by atoms with Crippen molar-refractivity contribution < 1.29 is 53.8 Å². The number of hydrogen-bond acceptors (Lipinski definition) is 10. The molecular formula is C35H62O11. The number of unbranched alkanes of at least 4 members (excludes halogenated alkanes) is 15. The molecule has 0 aromatic heterocycles. The average Bonchev–Trinajstić information content (AvgIpc) is 3.03. The quantitative estimate of drug-likeness (QED) is 0.0459. The van der Waals surface area contributed by atoms with Gasteiger partial charge in [0.25, 0.3) is 0 Å². The molecule has 0 bridgehead atoms. The van der Waals surface area contributed by atoms with Crippen molar-refractivity contribution in [3.8, 4) is 0 Å². The summed E-state index contributed by atoms with van der Waals surface area (Å²) in [5.74, 6) is -2.46. The van der Waals surface area contributed by atoms with Crippen molar-refractivity contribution in [2.75, 3.05) is 13.2 Å². The minimum absolute atomic E-state index is 0.184. The van der Waals surface area contributed by atoms with Crippen molar-refractivity contribution in [1.82, 2.24) is 0 Å². The molecule has 0 radical (unpaired) electrons. The summed E-state index contributed by atoms with van der Waals surface area (Å²) in [6, 6.07) is 0. The molecule has 0 aliphatic carbocycles. The fraction of sp³-hybridized carbons (Fsp3) is 0.857. The van der Waals surface area contributed by atoms with Crippen molar-refractivity contribution in [2.24, 2.45) is 0 Å². The third kappa shape index (κ3) is 19.6. The van der Waals surface area contributed by atoms with Crippen molar-refractivity contribution in [3.05, 3.63) is 12.2 Å². The number of rotatable bonds is 28. The Morgan fingerprint density at radius 3 is 1.76 bits per heavy atom. The summed E-state index contributed by atoms with van der Waals surface area (Å²) >= 11 is 0. The van der Waals surface area contributed by atoms with E-state index < -0.39 is 54.7 Å². The SMILES string of the molecule is CCCC/C=C\CCCCCCCC(=O)OCC(COC1OC(C(=O)O)C(O)C(O)C1O)OC(=O)CCCCCCCCCCC. The first-order valence-electron chi connectivity index (χ1n) is 17.7. The van der Waals surface area contributed by atoms with Crippen LogP contribution in [0.1, 0.15) is 142 Å². The number of carbonyl (C=O) groups is 3. The first-order chi connectivity index (χ1) is 22.2. The number of ether oxygens (including phenoxy) is 4. The van der Waals surface area contributed by atoms with Gasteiger partial charge in [-0.05, 0) is 32.1 Å². The maximum absolute atomic E-state index is 12.6. The number of hydrogen-bond donors (Lipinski definition) is 4. The zero-order valence-electron chi connectivity index (χ0n) is 28.3. The van der Waals surface area contributed by atoms with Crippen LogP contribution in [0, 0.1) is 0 Å². The van der Waals surface area contributed by atoms with E-state index in [0.717, 1.165) is 57.8 Å². The van der Waals surface area contributed by atoms with Gasteiger partial charge < -0.3 is 39.4 Å². The number of allylic oxidation sites excluding steroid dienone is 2. The van der Waals surface area contributed by atoms with E-state index in [1.807, 2.05) is 0 Å². The predicted octanol–water partition coefficient (Wildman–Crippen LogP) is 5.75. The van der Waals surface area contributed by atoms with Crippen LogP contribution in [0.4, 0.5) is 0 Å². The van der Waals surface area contributed by atoms with E-state index in [9.17, 15) is 34.8 Å². The molecular weight excluding hydrogens is 596 g/mol. The smallest absolute Gasteiger partial charge is 0.335 e. The van der Waals surface area contributed by atoms with Crippen LogP contribution >= 0.6 is 0 Å². The van der Waals surface area contributed by atoms with E-state index in [2.05, 4.69) is 26.0 Å². The van der Waals surface area contributed by atoms with E-state index >= 15 is 0 Å². The Morgan fingerprint density at radius 2 is 1.17 bits per heavy atom. The van der Waals surface area contributed by atoms with E-state index in [-0.39, 0.29) is 26.1 Å². The van der Waals surface area contributed by atoms with Gasteiger partial charge in [0.05, 0.1) is 6.61 Å². The Kier molecular flexibility index (Phi) is 24.6. The first-order valence-corrected chi connectivity index (χ1v) is 17.7. The van der Waals surface area contributed by atoms with E-state index in [1.54, 1.807) is 0 Å². The van der Waals surface area contributed by atoms with Gasteiger partial charge in [-0.1, -0.05) is 109 Å². The molecule has 46 heavy (non-hydrogen) atoms. The molecule has 1 heterocycles. The first kappa shape index (κ1) is 42.0. The molecule has 0 aromatic rings. The van der Waals surface area contributed by atoms with Crippen molar-refractivity contribution in [1.29, 1.82) is 0 Å². The van der Waals surface area contributed by atoms with E-state index in [1.165, 1.54) is 44.9 Å². The molecule has 0 spiro atoms. The van der Waals surface area contributed by atoms with Gasteiger partial charge in [0, 0.05) is 12.8 Å². The molecule has 11 nitrogen and oxygen atoms in total. The van der Waals surface area contributed by atoms with Crippen LogP contribution < -0.4 is 0 Å². The minimum Gasteiger partial charge on any atom is -0.479 e. The fourth-order valence-electron chi connectivity index (χ4n) is 5.21. The summed E-state index contributed by atoms with van der Waals surface area (Å²) in [6.45, 7) is 3.70. The molecule has 6 unspecified atom stereocenters. The molecule has 1 fully saturated rings. The highest BCUT2D eigenvalue weighted by Crippen LogP contribution is 2.23. The van der Waals surface area contributed by atoms with Crippen molar-refractivity contribution in [2.45, 2.75) is 179 Å². The highest BCUT2D eigenvalue weighted by atomic mass is 16.7. The number of esters is 2. The molecule has 1 aliphatic heterocycles. The van der Waals surface area contributed by atoms with Crippen LogP contribution in [-0.2, 0) is 33.3 Å². The van der Waals surface area contributed by atoms with Gasteiger partial charge in [0.15, 0.2) is 18.5 Å². The molecule has 268 valence electrons. The Morgan fingerprint density at radius 1 is 0.652 bits per heavy atom. The molecule has 4 N–H and O–H groups in total. The summed E-state index contributed by atoms with van der Waals surface area (Å²) in [5, 5.41) is 39.5. The van der Waals surface area contributed by atoms with Gasteiger partial charge in [-0.3, -0.25) is 9.59 Å². The Labute approximate surface area is 276 Å². The third-order valence-corrected chi connectivity index (χ3v) is 8.11. The highest BCUT2D eigenvalue weighted by molar-refractivity contribution is 5.73. The van der Waals surface area contributed by atoms with E-state index in [4.69, 9.17) is 18.9 Å². The second kappa shape index (κ2) is 27.0. The summed E-state index contributed by atoms with van der Waals surface area (Å²) in [5.41, 5.74) is 0. The molecule has 1 rings (SSSR count). The molecule has 1 saturated heterocycles. The Bertz CT molecular complexity index is 833. The standard InChI is InChI=1S/C35H62O11/c1-3-5-7-9-11-13-14-16-17-19-21-23-28(36)43-25-27(45-29(37)24-22-20-18-15-12-10-8-6-4-2)26-44-35-32(40)30(38)31(39)33(46-35)34(41)42/h9,11,27,30-33,35,38-40H,3-8,10,12-26H2,1-2H3,(H,41,42)/b11-9-. The van der Waals surface area contributed by atoms with Crippen LogP contribution in [0.2, 0.25) is 0 Å². The maximum atomic E-state index is 12.6. The average molecular weight is 659 g/mol. The number of aliphatic hydroxyl groups is 3. The molecule has 0 amide bonds. The largest absolute Gasteiger partial charge is 0.479 e. The van der Waals surface area contributed by atoms with Crippen LogP contribution in [0.25, 0.3) is 0 Å². The summed E-state index contributed by atoms with van der Waals surface area (Å²) in [7, 11) is 0. The van der Waals surface area contributed by atoms with Crippen LogP contribution in [0.15, 0.2) is 12.2 Å². The minimum atomic E-state index is -1.86. The van der Waals surface area contributed by atoms with Gasteiger partial charge in [-0.15, -0.1) is 0 Å². The molecule has 6 atom stereocenters. The molecule has 1 aliphatic rings. The topological polar surface area (TPSA) is 169 Å². The summed E-state index contributed by atoms with van der Waals surface area (Å²) < 4.78 is 21.5. The number of carbonyl (C=O) groups excluding carboxylic acids is 2. The normalized spacial score (nSPS) is 22.2. The van der Waals surface area contributed by atoms with Crippen LogP contribution in [0.5, 0.6) is 0 Å². The second-order valence-electron chi connectivity index (χ2n) is 12.4. The lowest BCUT2D eigenvalue weighted by Crippen LogP contribution is -2.60. The lowest BCUT2D eigenvalue weighted by molar-refractivity contribution is -0.298. The molecule has 0 aromatic carbocycles. The van der Waals surface area contributed by atoms with Crippen LogP contribution in [0.3, 0.4) is 0 Å². The second-order valence-corrected chi connectivity index (χ2v) is 12.4. The predicted molar refractivity (Wildman–Crippen MR) is 174 cm³/mol. The third-order valence-electron chi connectivity index (χ3n) is 8.11. The summed E-state index contributed by atoms with van der Waals surface area (Å²) in [6.07, 6.45) is 14.4. The monoisotopic (exact) mass is 658 g/mol. The Hall–Kier alpha value is -2.05. The van der Waals surface area contributed by atoms with Gasteiger partial charge in [-0.25, -0.2) is 4.79 Å². The maximum Gasteiger partial charge on any atom is 0.335 e. The van der Waals surface area contributed by atoms with Gasteiger partial charge in [0.2, 0.25) is 0 Å². The number of carboxylic acids is 1. The number of carboxylic acid groups (broad SMARTS) is 1. The Balaban J connectivity index is 2.49. The fourth-order valence-corrected chi connectivity index (χ4v) is 5.21. The zero-order chi connectivity index (χ0) is 34.0. The highest BCUT2D eigenvalue weighted by Gasteiger charge is 2.47. The molecule has 11 heteroatoms. The lowest BCUT2D eigenvalue weighted by Gasteiger charge is -2.38. The van der Waals surface area contributed by atoms with Gasteiger partial charge in [0.1, 0.15) is 24.9 Å². The zero-order valence-corrected chi connectivity index (χ0v) is 28.3. The van der Waals surface area contributed by atoms with Gasteiger partial charge >= 0.3 is 17.9 Å². The number of aliphatic carboxylic acids is 1. The molecule has 0 saturated carbocycles. The number of aliphatic hydroxyl groups excluding tert-OH is 3.